The van der Waals surface area contributed by atoms with E-state index in [2.05, 4.69) is 15.9 Å². The maximum Gasteiger partial charge on any atom is 0.169 e. The van der Waals surface area contributed by atoms with Gasteiger partial charge in [0, 0.05) is 10.0 Å². The molecule has 0 aromatic heterocycles. The van der Waals surface area contributed by atoms with Crippen LogP contribution >= 0.6 is 15.9 Å². The molecule has 0 heterocycles. The van der Waals surface area contributed by atoms with Gasteiger partial charge in [0.25, 0.3) is 0 Å². The lowest BCUT2D eigenvalue weighted by Gasteiger charge is -2.07. The average molecular weight is 233 g/mol. The molecule has 0 radical (unpaired) electrons. The van der Waals surface area contributed by atoms with Gasteiger partial charge in [-0.3, -0.25) is 0 Å². The van der Waals surface area contributed by atoms with Crippen LogP contribution in [0.25, 0.3) is 0 Å². The zero-order chi connectivity index (χ0) is 9.14. The maximum absolute atomic E-state index is 13.4. The summed E-state index contributed by atoms with van der Waals surface area (Å²) in [5.41, 5.74) is 0.661. The van der Waals surface area contributed by atoms with Crippen LogP contribution in [0.4, 0.5) is 4.39 Å². The van der Waals surface area contributed by atoms with Crippen LogP contribution in [0.15, 0.2) is 16.6 Å². The molecule has 0 saturated heterocycles. The quantitative estimate of drug-likeness (QED) is 0.762. The third kappa shape index (κ3) is 1.61. The fourth-order valence-electron chi connectivity index (χ4n) is 1.06. The third-order valence-electron chi connectivity index (χ3n) is 1.72. The molecule has 0 saturated carbocycles. The van der Waals surface area contributed by atoms with Crippen molar-refractivity contribution in [2.45, 2.75) is 13.3 Å². The predicted octanol–water partition coefficient (Wildman–Crippen LogP) is 3.16. The van der Waals surface area contributed by atoms with Crippen molar-refractivity contribution in [3.63, 3.8) is 0 Å². The van der Waals surface area contributed by atoms with Gasteiger partial charge in [-0.25, -0.2) is 4.39 Å². The molecule has 66 valence electrons. The Bertz CT molecular complexity index is 286. The topological polar surface area (TPSA) is 9.23 Å². The van der Waals surface area contributed by atoms with Crippen molar-refractivity contribution in [1.82, 2.24) is 0 Å². The van der Waals surface area contributed by atoms with Crippen LogP contribution in [0.3, 0.4) is 0 Å². The Morgan fingerprint density at radius 2 is 2.17 bits per heavy atom. The molecule has 0 amide bonds. The van der Waals surface area contributed by atoms with E-state index < -0.39 is 0 Å². The van der Waals surface area contributed by atoms with Gasteiger partial charge in [-0.15, -0.1) is 0 Å². The number of ether oxygens (including phenoxy) is 1. The van der Waals surface area contributed by atoms with E-state index in [0.29, 0.717) is 17.7 Å². The zero-order valence-corrected chi connectivity index (χ0v) is 8.61. The van der Waals surface area contributed by atoms with E-state index in [4.69, 9.17) is 4.74 Å². The fraction of sp³-hybridized carbons (Fsp3) is 0.333. The summed E-state index contributed by atoms with van der Waals surface area (Å²) < 4.78 is 19.0. The molecule has 0 N–H and O–H groups in total. The minimum absolute atomic E-state index is 0.269. The molecular formula is C9H10BrFO. The lowest BCUT2D eigenvalue weighted by molar-refractivity contribution is 0.384. The van der Waals surface area contributed by atoms with Crippen molar-refractivity contribution < 1.29 is 9.13 Å². The maximum atomic E-state index is 13.4. The first-order chi connectivity index (χ1) is 5.70. The highest BCUT2D eigenvalue weighted by atomic mass is 79.9. The predicted molar refractivity (Wildman–Crippen MR) is 50.0 cm³/mol. The fourth-order valence-corrected chi connectivity index (χ4v) is 1.64. The van der Waals surface area contributed by atoms with Gasteiger partial charge in [-0.05, 0) is 18.6 Å². The van der Waals surface area contributed by atoms with Gasteiger partial charge in [0.15, 0.2) is 11.6 Å². The van der Waals surface area contributed by atoms with E-state index in [0.717, 1.165) is 4.47 Å². The summed E-state index contributed by atoms with van der Waals surface area (Å²) in [6, 6.07) is 3.40. The number of benzene rings is 1. The van der Waals surface area contributed by atoms with E-state index in [-0.39, 0.29) is 5.82 Å². The second-order valence-corrected chi connectivity index (χ2v) is 3.25. The molecule has 1 aromatic rings. The Balaban J connectivity index is 3.24. The minimum Gasteiger partial charge on any atom is -0.494 e. The highest BCUT2D eigenvalue weighted by Crippen LogP contribution is 2.27. The van der Waals surface area contributed by atoms with Crippen LogP contribution in [-0.4, -0.2) is 7.11 Å². The summed E-state index contributed by atoms with van der Waals surface area (Å²) in [5, 5.41) is 0. The van der Waals surface area contributed by atoms with Crippen LogP contribution in [0.1, 0.15) is 12.5 Å². The first kappa shape index (κ1) is 9.52. The molecule has 0 aliphatic heterocycles. The molecule has 3 heteroatoms. The largest absolute Gasteiger partial charge is 0.494 e. The number of hydrogen-bond acceptors (Lipinski definition) is 1. The summed E-state index contributed by atoms with van der Waals surface area (Å²) in [5.74, 6) is 0.0319. The molecule has 0 fully saturated rings. The van der Waals surface area contributed by atoms with Gasteiger partial charge < -0.3 is 4.74 Å². The zero-order valence-electron chi connectivity index (χ0n) is 7.03. The van der Waals surface area contributed by atoms with Crippen LogP contribution < -0.4 is 4.74 Å². The van der Waals surface area contributed by atoms with Crippen molar-refractivity contribution in [2.24, 2.45) is 0 Å². The van der Waals surface area contributed by atoms with Gasteiger partial charge in [0.1, 0.15) is 0 Å². The molecule has 0 spiro atoms. The number of methoxy groups -OCH3 is 1. The Labute approximate surface area is 79.7 Å². The Hall–Kier alpha value is -0.570. The molecule has 0 unspecified atom stereocenters. The van der Waals surface area contributed by atoms with Crippen LogP contribution in [-0.2, 0) is 6.42 Å². The lowest BCUT2D eigenvalue weighted by Crippen LogP contribution is -1.94. The van der Waals surface area contributed by atoms with Gasteiger partial charge >= 0.3 is 0 Å². The highest BCUT2D eigenvalue weighted by molar-refractivity contribution is 9.10. The Morgan fingerprint density at radius 1 is 1.50 bits per heavy atom. The van der Waals surface area contributed by atoms with E-state index >= 15 is 0 Å². The van der Waals surface area contributed by atoms with Crippen LogP contribution in [0.5, 0.6) is 5.75 Å². The molecule has 0 aliphatic rings. The molecule has 1 nitrogen and oxygen atoms in total. The highest BCUT2D eigenvalue weighted by Gasteiger charge is 2.09. The molecule has 1 rings (SSSR count). The van der Waals surface area contributed by atoms with Gasteiger partial charge in [0.2, 0.25) is 0 Å². The molecule has 1 aromatic carbocycles. The summed E-state index contributed by atoms with van der Waals surface area (Å²) in [7, 11) is 1.46. The Morgan fingerprint density at radius 3 is 2.67 bits per heavy atom. The second kappa shape index (κ2) is 3.90. The SMILES string of the molecule is CCc1c(Br)ccc(OC)c1F. The molecule has 0 aliphatic carbocycles. The third-order valence-corrected chi connectivity index (χ3v) is 2.47. The van der Waals surface area contributed by atoms with E-state index in [1.54, 1.807) is 12.1 Å². The first-order valence-electron chi connectivity index (χ1n) is 3.71. The van der Waals surface area contributed by atoms with Crippen molar-refractivity contribution in [3.05, 3.63) is 28.0 Å². The molecular weight excluding hydrogens is 223 g/mol. The molecule has 0 bridgehead atoms. The van der Waals surface area contributed by atoms with Gasteiger partial charge in [-0.2, -0.15) is 0 Å². The lowest BCUT2D eigenvalue weighted by atomic mass is 10.1. The number of halogens is 2. The minimum atomic E-state index is -0.269. The van der Waals surface area contributed by atoms with Gasteiger partial charge in [0.05, 0.1) is 7.11 Å². The Kier molecular flexibility index (Phi) is 3.09. The van der Waals surface area contributed by atoms with Crippen LogP contribution in [0.2, 0.25) is 0 Å². The molecule has 0 atom stereocenters. The van der Waals surface area contributed by atoms with Gasteiger partial charge in [-0.1, -0.05) is 22.9 Å². The summed E-state index contributed by atoms with van der Waals surface area (Å²) in [6.07, 6.45) is 0.656. The van der Waals surface area contributed by atoms with E-state index in [1.165, 1.54) is 7.11 Å². The average Bonchev–Trinajstić information content (AvgIpc) is 2.06. The number of rotatable bonds is 2. The summed E-state index contributed by atoms with van der Waals surface area (Å²) in [6.45, 7) is 1.91. The molecule has 12 heavy (non-hydrogen) atoms. The van der Waals surface area contributed by atoms with E-state index in [1.807, 2.05) is 6.92 Å². The number of hydrogen-bond donors (Lipinski definition) is 0. The van der Waals surface area contributed by atoms with Crippen molar-refractivity contribution in [3.8, 4) is 5.75 Å². The van der Waals surface area contributed by atoms with Crippen molar-refractivity contribution >= 4 is 15.9 Å². The summed E-state index contributed by atoms with van der Waals surface area (Å²) >= 11 is 3.28. The van der Waals surface area contributed by atoms with Crippen molar-refractivity contribution in [2.75, 3.05) is 7.11 Å². The smallest absolute Gasteiger partial charge is 0.169 e. The first-order valence-corrected chi connectivity index (χ1v) is 4.50. The van der Waals surface area contributed by atoms with E-state index in [9.17, 15) is 4.39 Å². The summed E-state index contributed by atoms with van der Waals surface area (Å²) in [4.78, 5) is 0. The normalized spacial score (nSPS) is 10.0. The monoisotopic (exact) mass is 232 g/mol. The van der Waals surface area contributed by atoms with Crippen molar-refractivity contribution in [1.29, 1.82) is 0 Å². The second-order valence-electron chi connectivity index (χ2n) is 2.40. The standard InChI is InChI=1S/C9H10BrFO/c1-3-6-7(10)4-5-8(12-2)9(6)11/h4-5H,3H2,1-2H3. The van der Waals surface area contributed by atoms with Crippen LogP contribution in [0, 0.1) is 5.82 Å².